The molecule has 0 aliphatic heterocycles. The Morgan fingerprint density at radius 2 is 1.23 bits per heavy atom. The molecule has 0 aliphatic rings. The molecule has 232 valence electrons. The molecule has 1 amide bonds. The molecule has 9 heteroatoms. The first-order valence-electron chi connectivity index (χ1n) is 15.7. The van der Waals surface area contributed by atoms with Crippen LogP contribution in [0.4, 0.5) is 0 Å². The van der Waals surface area contributed by atoms with E-state index in [-0.39, 0.29) is 19.1 Å². The van der Waals surface area contributed by atoms with Gasteiger partial charge in [-0.1, -0.05) is 95.7 Å². The number of hydrogen-bond acceptors (Lipinski definition) is 7. The summed E-state index contributed by atoms with van der Waals surface area (Å²) in [4.78, 5) is 12.5. The van der Waals surface area contributed by atoms with Crippen molar-refractivity contribution in [1.29, 1.82) is 0 Å². The number of aliphatic hydroxyl groups excluding tert-OH is 2. The lowest BCUT2D eigenvalue weighted by Gasteiger charge is -2.13. The maximum Gasteiger partial charge on any atom is 0.220 e. The number of hydrazine groups is 1. The zero-order valence-corrected chi connectivity index (χ0v) is 25.2. The van der Waals surface area contributed by atoms with Crippen LogP contribution in [-0.4, -0.2) is 79.9 Å². The van der Waals surface area contributed by atoms with E-state index in [2.05, 4.69) is 24.6 Å². The van der Waals surface area contributed by atoms with Crippen molar-refractivity contribution in [2.24, 2.45) is 11.8 Å². The zero-order chi connectivity index (χ0) is 28.8. The molecule has 0 aromatic rings. The molecule has 0 rings (SSSR count). The summed E-state index contributed by atoms with van der Waals surface area (Å²) in [6.07, 6.45) is 20.2. The van der Waals surface area contributed by atoms with Crippen LogP contribution < -0.4 is 10.7 Å². The van der Waals surface area contributed by atoms with Gasteiger partial charge in [0.05, 0.1) is 46.2 Å². The molecule has 0 bridgehead atoms. The fraction of sp³-hybridized carbons (Fsp3) is 0.933. The second kappa shape index (κ2) is 29.6. The van der Waals surface area contributed by atoms with E-state index in [1.54, 1.807) is 6.21 Å². The predicted octanol–water partition coefficient (Wildman–Crippen LogP) is 4.72. The second-order valence-corrected chi connectivity index (χ2v) is 10.9. The Hall–Kier alpha value is -1.42. The minimum absolute atomic E-state index is 0.00462. The maximum atomic E-state index is 11.8. The Bertz CT molecular complexity index is 565. The lowest BCUT2D eigenvalue weighted by Crippen LogP contribution is -2.28. The summed E-state index contributed by atoms with van der Waals surface area (Å²) in [7, 11) is 0. The molecular formula is C30H61N3O6. The third-order valence-electron chi connectivity index (χ3n) is 6.99. The largest absolute Gasteiger partial charge is 0.597 e. The van der Waals surface area contributed by atoms with Crippen molar-refractivity contribution in [3.8, 4) is 0 Å². The standard InChI is InChI=1S/C30H61N3O6/c1-28(14-8-4-3-7-13-21-33(37)32-20-25-39-27-23-35)16-11-12-17-29(2)15-9-5-6-10-18-30(36)31-19-24-38-26-22-34/h21,28-29,32,34-35H,3-20,22-27H2,1-2H3,(H,31,36)/b33-21-. The topological polar surface area (TPSA) is 126 Å². The third kappa shape index (κ3) is 29.4. The minimum Gasteiger partial charge on any atom is -0.597 e. The van der Waals surface area contributed by atoms with Crippen LogP contribution in [0.25, 0.3) is 0 Å². The molecule has 39 heavy (non-hydrogen) atoms. The molecule has 0 aromatic heterocycles. The van der Waals surface area contributed by atoms with Gasteiger partial charge in [0.1, 0.15) is 0 Å². The number of rotatable bonds is 30. The van der Waals surface area contributed by atoms with Gasteiger partial charge in [0.15, 0.2) is 6.21 Å². The van der Waals surface area contributed by atoms with Crippen molar-refractivity contribution in [2.75, 3.05) is 52.7 Å². The average Bonchev–Trinajstić information content (AvgIpc) is 2.92. The minimum atomic E-state index is 0.00462. The molecule has 0 fully saturated rings. The summed E-state index contributed by atoms with van der Waals surface area (Å²) in [5, 5.41) is 31.7. The number of ether oxygens (including phenoxy) is 2. The van der Waals surface area contributed by atoms with Crippen molar-refractivity contribution in [3.05, 3.63) is 5.21 Å². The van der Waals surface area contributed by atoms with E-state index in [1.165, 1.54) is 70.6 Å². The van der Waals surface area contributed by atoms with Gasteiger partial charge < -0.3 is 30.2 Å². The second-order valence-electron chi connectivity index (χ2n) is 10.9. The molecule has 0 saturated carbocycles. The third-order valence-corrected chi connectivity index (χ3v) is 6.99. The van der Waals surface area contributed by atoms with Gasteiger partial charge in [-0.25, -0.2) is 0 Å². The van der Waals surface area contributed by atoms with Crippen LogP contribution in [-0.2, 0) is 14.3 Å². The van der Waals surface area contributed by atoms with Gasteiger partial charge in [0, 0.05) is 19.4 Å². The summed E-state index contributed by atoms with van der Waals surface area (Å²) in [6.45, 7) is 7.25. The molecule has 0 spiro atoms. The lowest BCUT2D eigenvalue weighted by molar-refractivity contribution is -0.520. The van der Waals surface area contributed by atoms with E-state index in [0.717, 1.165) is 42.4 Å². The van der Waals surface area contributed by atoms with Gasteiger partial charge in [-0.05, 0) is 24.7 Å². The smallest absolute Gasteiger partial charge is 0.220 e. The fourth-order valence-corrected chi connectivity index (χ4v) is 4.58. The first kappa shape index (κ1) is 37.6. The average molecular weight is 560 g/mol. The Morgan fingerprint density at radius 1 is 0.744 bits per heavy atom. The highest BCUT2D eigenvalue weighted by atomic mass is 16.5. The van der Waals surface area contributed by atoms with Crippen LogP contribution >= 0.6 is 0 Å². The van der Waals surface area contributed by atoms with Crippen molar-refractivity contribution in [3.63, 3.8) is 0 Å². The highest BCUT2D eigenvalue weighted by Crippen LogP contribution is 2.21. The summed E-state index contributed by atoms with van der Waals surface area (Å²) in [5.41, 5.74) is 2.71. The summed E-state index contributed by atoms with van der Waals surface area (Å²) in [5.74, 6) is 1.68. The Morgan fingerprint density at radius 3 is 1.79 bits per heavy atom. The fourth-order valence-electron chi connectivity index (χ4n) is 4.58. The molecule has 4 N–H and O–H groups in total. The van der Waals surface area contributed by atoms with E-state index in [0.29, 0.717) is 45.9 Å². The quantitative estimate of drug-likeness (QED) is 0.0330. The molecule has 9 nitrogen and oxygen atoms in total. The van der Waals surface area contributed by atoms with Crippen LogP contribution in [0.15, 0.2) is 0 Å². The molecule has 0 radical (unpaired) electrons. The Kier molecular flexibility index (Phi) is 28.5. The van der Waals surface area contributed by atoms with Crippen LogP contribution in [0.5, 0.6) is 0 Å². The number of carbonyl (C=O) groups excluding carboxylic acids is 1. The number of nitrogens with zero attached hydrogens (tertiary/aromatic N) is 1. The maximum absolute atomic E-state index is 11.8. The SMILES string of the molecule is CC(CCCCCC/C=[N+](\[O-])NCCOCCO)CCCCC(C)CCCCCCC(=O)NCCOCCO. The van der Waals surface area contributed by atoms with Crippen molar-refractivity contribution in [1.82, 2.24) is 10.7 Å². The molecular weight excluding hydrogens is 498 g/mol. The van der Waals surface area contributed by atoms with Gasteiger partial charge in [0.2, 0.25) is 5.91 Å². The number of carbonyl (C=O) groups is 1. The van der Waals surface area contributed by atoms with Gasteiger partial charge in [-0.15, -0.1) is 0 Å². The first-order valence-corrected chi connectivity index (χ1v) is 15.7. The molecule has 0 heterocycles. The normalized spacial score (nSPS) is 13.4. The van der Waals surface area contributed by atoms with Crippen molar-refractivity contribution >= 4 is 12.1 Å². The van der Waals surface area contributed by atoms with Crippen molar-refractivity contribution in [2.45, 2.75) is 117 Å². The van der Waals surface area contributed by atoms with Crippen LogP contribution in [0.1, 0.15) is 117 Å². The van der Waals surface area contributed by atoms with Crippen LogP contribution in [0.2, 0.25) is 0 Å². The highest BCUT2D eigenvalue weighted by Gasteiger charge is 2.06. The lowest BCUT2D eigenvalue weighted by atomic mass is 9.93. The van der Waals surface area contributed by atoms with E-state index < -0.39 is 0 Å². The molecule has 2 unspecified atom stereocenters. The monoisotopic (exact) mass is 559 g/mol. The predicted molar refractivity (Wildman–Crippen MR) is 159 cm³/mol. The van der Waals surface area contributed by atoms with E-state index >= 15 is 0 Å². The Balaban J connectivity index is 3.46. The van der Waals surface area contributed by atoms with E-state index in [1.807, 2.05) is 0 Å². The molecule has 0 aromatic carbocycles. The molecule has 0 saturated heterocycles. The highest BCUT2D eigenvalue weighted by molar-refractivity contribution is 5.75. The number of hydrogen-bond donors (Lipinski definition) is 4. The van der Waals surface area contributed by atoms with E-state index in [4.69, 9.17) is 19.7 Å². The number of hydrazone groups is 1. The van der Waals surface area contributed by atoms with E-state index in [9.17, 15) is 10.0 Å². The summed E-state index contributed by atoms with van der Waals surface area (Å²) < 4.78 is 10.2. The first-order chi connectivity index (χ1) is 19.0. The van der Waals surface area contributed by atoms with Gasteiger partial charge >= 0.3 is 0 Å². The van der Waals surface area contributed by atoms with Crippen molar-refractivity contribution < 1.29 is 29.3 Å². The number of amides is 1. The molecule has 0 aliphatic carbocycles. The zero-order valence-electron chi connectivity index (χ0n) is 25.2. The number of aliphatic hydroxyl groups is 2. The van der Waals surface area contributed by atoms with Gasteiger partial charge in [-0.3, -0.25) is 4.79 Å². The van der Waals surface area contributed by atoms with Crippen LogP contribution in [0, 0.1) is 17.0 Å². The number of nitrogens with one attached hydrogen (secondary N) is 2. The Labute approximate surface area is 238 Å². The molecule has 2 atom stereocenters. The van der Waals surface area contributed by atoms with Crippen LogP contribution in [0.3, 0.4) is 0 Å². The van der Waals surface area contributed by atoms with Gasteiger partial charge in [-0.2, -0.15) is 5.43 Å². The summed E-state index contributed by atoms with van der Waals surface area (Å²) in [6, 6.07) is 0. The number of unbranched alkanes of at least 4 members (excludes halogenated alkanes) is 8. The summed E-state index contributed by atoms with van der Waals surface area (Å²) >= 11 is 0. The van der Waals surface area contributed by atoms with Gasteiger partial charge in [0.25, 0.3) is 0 Å².